The summed E-state index contributed by atoms with van der Waals surface area (Å²) in [5.41, 5.74) is 24.9. The van der Waals surface area contributed by atoms with Gasteiger partial charge in [-0.25, -0.2) is 0 Å². The Morgan fingerprint density at radius 3 is 1.58 bits per heavy atom. The van der Waals surface area contributed by atoms with E-state index in [0.29, 0.717) is 0 Å². The van der Waals surface area contributed by atoms with E-state index < -0.39 is 0 Å². The second-order valence-corrected chi connectivity index (χ2v) is 28.0. The van der Waals surface area contributed by atoms with Crippen LogP contribution in [0.15, 0.2) is 162 Å². The van der Waals surface area contributed by atoms with Crippen LogP contribution in [0.1, 0.15) is 156 Å². The molecule has 13 rings (SSSR count). The zero-order valence-electron chi connectivity index (χ0n) is 48.2. The molecule has 5 heteroatoms. The molecule has 1 aromatic heterocycles. The minimum atomic E-state index is -0.181. The summed E-state index contributed by atoms with van der Waals surface area (Å²) in [6.45, 7) is 33.7. The number of nitrogens with zero attached hydrogens (tertiary/aromatic N) is 3. The Hall–Kier alpha value is -6.98. The Bertz CT molecular complexity index is 3820. The third-order valence-electron chi connectivity index (χ3n) is 18.9. The van der Waals surface area contributed by atoms with Crippen LogP contribution in [0.2, 0.25) is 0 Å². The van der Waals surface area contributed by atoms with Crippen molar-refractivity contribution in [2.45, 2.75) is 155 Å². The lowest BCUT2D eigenvalue weighted by Crippen LogP contribution is -2.62. The van der Waals surface area contributed by atoms with E-state index in [4.69, 9.17) is 4.42 Å². The number of hydrogen-bond donors (Lipinski definition) is 0. The van der Waals surface area contributed by atoms with Crippen molar-refractivity contribution in [3.05, 3.63) is 191 Å². The van der Waals surface area contributed by atoms with Gasteiger partial charge in [0, 0.05) is 50.9 Å². The molecule has 0 saturated heterocycles. The summed E-state index contributed by atoms with van der Waals surface area (Å²) in [4.78, 5) is 7.77. The zero-order valence-corrected chi connectivity index (χ0v) is 48.2. The van der Waals surface area contributed by atoms with E-state index in [9.17, 15) is 0 Å². The van der Waals surface area contributed by atoms with E-state index in [1.54, 1.807) is 0 Å². The normalized spacial score (nSPS) is 17.6. The maximum atomic E-state index is 6.97. The largest absolute Gasteiger partial charge is 0.456 e. The van der Waals surface area contributed by atoms with Gasteiger partial charge in [-0.15, -0.1) is 0 Å². The summed E-state index contributed by atoms with van der Waals surface area (Å²) in [6.07, 6.45) is 4.64. The molecule has 0 amide bonds. The lowest BCUT2D eigenvalue weighted by Gasteiger charge is -2.48. The highest BCUT2D eigenvalue weighted by molar-refractivity contribution is 7.00. The van der Waals surface area contributed by atoms with Crippen LogP contribution >= 0.6 is 0 Å². The van der Waals surface area contributed by atoms with Gasteiger partial charge in [-0.2, -0.15) is 0 Å². The molecule has 388 valence electrons. The van der Waals surface area contributed by atoms with Crippen LogP contribution in [0.4, 0.5) is 51.2 Å². The van der Waals surface area contributed by atoms with Gasteiger partial charge in [0.25, 0.3) is 6.71 Å². The Balaban J connectivity index is 1.17. The summed E-state index contributed by atoms with van der Waals surface area (Å²) in [6, 6.07) is 60.7. The summed E-state index contributed by atoms with van der Waals surface area (Å²) in [7, 11) is 0. The molecular weight excluding hydrogens is 934 g/mol. The highest BCUT2D eigenvalue weighted by Gasteiger charge is 2.48. The average molecular weight is 1010 g/mol. The Morgan fingerprint density at radius 2 is 0.974 bits per heavy atom. The molecule has 3 heterocycles. The van der Waals surface area contributed by atoms with E-state index >= 15 is 0 Å². The monoisotopic (exact) mass is 1010 g/mol. The summed E-state index contributed by atoms with van der Waals surface area (Å²) < 4.78 is 6.97. The lowest BCUT2D eigenvalue weighted by atomic mass is 9.33. The Morgan fingerprint density at radius 1 is 0.416 bits per heavy atom. The molecule has 4 nitrogen and oxygen atoms in total. The van der Waals surface area contributed by atoms with Gasteiger partial charge < -0.3 is 19.1 Å². The first-order valence-corrected chi connectivity index (χ1v) is 28.5. The quantitative estimate of drug-likeness (QED) is 0.160. The molecular formula is C72H76BN3O. The van der Waals surface area contributed by atoms with Crippen molar-refractivity contribution in [1.29, 1.82) is 0 Å². The molecule has 0 atom stereocenters. The fourth-order valence-corrected chi connectivity index (χ4v) is 13.9. The SMILES string of the molecule is CC(C)(C)c1cc2c3c(c1)N(c1cccc4oc5cc(C(C)(C)C)ccc5c14)c1cc(N(c4ccccc4)c4ccccc4)ccc1B3c1cc3c(cc1N2c1ccc2c(c1)C(C)(C)CCC2(C)C)C(C)(C)CCC3(C)C. The van der Waals surface area contributed by atoms with Crippen LogP contribution in [-0.2, 0) is 32.5 Å². The molecule has 2 aliphatic heterocycles. The summed E-state index contributed by atoms with van der Waals surface area (Å²) >= 11 is 0. The van der Waals surface area contributed by atoms with E-state index in [1.165, 1.54) is 84.6 Å². The van der Waals surface area contributed by atoms with Crippen molar-refractivity contribution < 1.29 is 4.42 Å². The molecule has 0 N–H and O–H groups in total. The molecule has 0 unspecified atom stereocenters. The first-order chi connectivity index (χ1) is 36.4. The van der Waals surface area contributed by atoms with Crippen LogP contribution in [0.25, 0.3) is 21.9 Å². The molecule has 0 fully saturated rings. The first-order valence-electron chi connectivity index (χ1n) is 28.5. The van der Waals surface area contributed by atoms with Gasteiger partial charge in [0.2, 0.25) is 0 Å². The van der Waals surface area contributed by atoms with Crippen LogP contribution in [0.3, 0.4) is 0 Å². The lowest BCUT2D eigenvalue weighted by molar-refractivity contribution is 0.332. The highest BCUT2D eigenvalue weighted by atomic mass is 16.3. The molecule has 0 saturated carbocycles. The highest BCUT2D eigenvalue weighted by Crippen LogP contribution is 2.54. The average Bonchev–Trinajstić information content (AvgIpc) is 3.92. The smallest absolute Gasteiger partial charge is 0.252 e. The Labute approximate surface area is 459 Å². The summed E-state index contributed by atoms with van der Waals surface area (Å²) in [5.74, 6) is 0. The van der Waals surface area contributed by atoms with Gasteiger partial charge in [0.1, 0.15) is 11.2 Å². The summed E-state index contributed by atoms with van der Waals surface area (Å²) in [5, 5.41) is 2.25. The number of hydrogen-bond acceptors (Lipinski definition) is 4. The van der Waals surface area contributed by atoms with Crippen LogP contribution in [0.5, 0.6) is 0 Å². The first kappa shape index (κ1) is 49.6. The Kier molecular flexibility index (Phi) is 10.8. The van der Waals surface area contributed by atoms with E-state index in [2.05, 4.69) is 269 Å². The van der Waals surface area contributed by atoms with E-state index in [-0.39, 0.29) is 39.2 Å². The number of fused-ring (bicyclic) bond motifs is 9. The number of benzene rings is 8. The van der Waals surface area contributed by atoms with Crippen molar-refractivity contribution in [3.8, 4) is 0 Å². The molecule has 0 spiro atoms. The van der Waals surface area contributed by atoms with E-state index in [0.717, 1.165) is 64.0 Å². The molecule has 2 aliphatic carbocycles. The second kappa shape index (κ2) is 16.8. The third-order valence-corrected chi connectivity index (χ3v) is 18.9. The maximum absolute atomic E-state index is 6.97. The molecule has 9 aromatic rings. The minimum Gasteiger partial charge on any atom is -0.456 e. The van der Waals surface area contributed by atoms with Crippen molar-refractivity contribution in [2.75, 3.05) is 14.7 Å². The fourth-order valence-electron chi connectivity index (χ4n) is 13.9. The van der Waals surface area contributed by atoms with Crippen LogP contribution in [-0.4, -0.2) is 6.71 Å². The van der Waals surface area contributed by atoms with Gasteiger partial charge in [-0.3, -0.25) is 0 Å². The minimum absolute atomic E-state index is 0.00936. The molecule has 77 heavy (non-hydrogen) atoms. The number of para-hydroxylation sites is 2. The van der Waals surface area contributed by atoms with E-state index in [1.807, 2.05) is 0 Å². The second-order valence-electron chi connectivity index (χ2n) is 28.0. The van der Waals surface area contributed by atoms with Gasteiger partial charge in [-0.05, 0) is 193 Å². The van der Waals surface area contributed by atoms with Gasteiger partial charge in [0.05, 0.1) is 11.1 Å². The van der Waals surface area contributed by atoms with Crippen LogP contribution in [0, 0.1) is 0 Å². The fraction of sp³-hybridized carbons (Fsp3) is 0.333. The van der Waals surface area contributed by atoms with Crippen molar-refractivity contribution in [1.82, 2.24) is 0 Å². The van der Waals surface area contributed by atoms with Gasteiger partial charge in [-0.1, -0.05) is 170 Å². The standard InChI is InChI=1S/C72H76BN3O/c1-67(2,3)45-28-31-51-64(40-45)77-63-27-21-26-58(65(51)63)76-59-42-50(74(47-22-17-15-18-23-47)48-24-19-16-20-25-48)30-33-56(59)73-57-43-54-55(72(13,14)37-36-71(54,11)12)44-60(57)75(61-38-46(68(4,5)6)39-62(76)66(61)73)49-29-32-52-53(41-49)70(9,10)35-34-69(52,7)8/h15-33,38-44H,34-37H2,1-14H3. The predicted molar refractivity (Wildman–Crippen MR) is 330 cm³/mol. The zero-order chi connectivity index (χ0) is 53.9. The predicted octanol–water partition coefficient (Wildman–Crippen LogP) is 18.4. The number of anilines is 9. The molecule has 0 radical (unpaired) electrons. The number of rotatable bonds is 5. The molecule has 8 aromatic carbocycles. The maximum Gasteiger partial charge on any atom is 0.252 e. The molecule has 4 aliphatic rings. The van der Waals surface area contributed by atoms with Crippen molar-refractivity contribution >= 4 is 96.2 Å². The van der Waals surface area contributed by atoms with Crippen molar-refractivity contribution in [2.24, 2.45) is 0 Å². The third kappa shape index (κ3) is 7.75. The van der Waals surface area contributed by atoms with Gasteiger partial charge in [0.15, 0.2) is 0 Å². The number of furan rings is 1. The van der Waals surface area contributed by atoms with Crippen LogP contribution < -0.4 is 31.1 Å². The van der Waals surface area contributed by atoms with Gasteiger partial charge >= 0.3 is 0 Å². The van der Waals surface area contributed by atoms with Crippen molar-refractivity contribution in [3.63, 3.8) is 0 Å². The molecule has 0 bridgehead atoms. The topological polar surface area (TPSA) is 22.9 Å².